The predicted molar refractivity (Wildman–Crippen MR) is 75.7 cm³/mol. The van der Waals surface area contributed by atoms with Crippen LogP contribution in [0.4, 0.5) is 0 Å². The van der Waals surface area contributed by atoms with Crippen LogP contribution in [0, 0.1) is 0 Å². The van der Waals surface area contributed by atoms with Gasteiger partial charge in [0, 0.05) is 19.3 Å². The Hall–Kier alpha value is -1.84. The first kappa shape index (κ1) is 14.1. The number of nitrogens with zero attached hydrogens (tertiary/aromatic N) is 5. The Labute approximate surface area is 123 Å². The summed E-state index contributed by atoms with van der Waals surface area (Å²) in [5.41, 5.74) is 1.33. The summed E-state index contributed by atoms with van der Waals surface area (Å²) in [4.78, 5) is 4.00. The van der Waals surface area contributed by atoms with Gasteiger partial charge in [-0.1, -0.05) is 5.21 Å². The summed E-state index contributed by atoms with van der Waals surface area (Å²) >= 11 is 0. The van der Waals surface area contributed by atoms with Crippen LogP contribution in [0.1, 0.15) is 18.5 Å². The standard InChI is InChI=1S/C12H16N6O2S/c19-21(20,17-6-1-2-7-17)14-8-11-10-18(16-15-11)12-4-3-5-13-9-12/h3-5,9-10,14H,1-2,6-8H2. The molecule has 0 spiro atoms. The summed E-state index contributed by atoms with van der Waals surface area (Å²) < 4.78 is 29.6. The average Bonchev–Trinajstić information content (AvgIpc) is 3.18. The van der Waals surface area contributed by atoms with E-state index in [4.69, 9.17) is 0 Å². The molecule has 0 aromatic carbocycles. The van der Waals surface area contributed by atoms with E-state index < -0.39 is 10.2 Å². The van der Waals surface area contributed by atoms with Crippen molar-refractivity contribution in [1.82, 2.24) is 29.0 Å². The van der Waals surface area contributed by atoms with Crippen LogP contribution in [0.15, 0.2) is 30.7 Å². The quantitative estimate of drug-likeness (QED) is 0.845. The van der Waals surface area contributed by atoms with E-state index >= 15 is 0 Å². The number of pyridine rings is 1. The molecule has 1 saturated heterocycles. The topological polar surface area (TPSA) is 93.0 Å². The van der Waals surface area contributed by atoms with Crippen LogP contribution in [0.3, 0.4) is 0 Å². The first-order chi connectivity index (χ1) is 10.1. The summed E-state index contributed by atoms with van der Waals surface area (Å²) in [7, 11) is -3.42. The highest BCUT2D eigenvalue weighted by atomic mass is 32.2. The maximum atomic E-state index is 12.0. The maximum absolute atomic E-state index is 12.0. The van der Waals surface area contributed by atoms with Gasteiger partial charge < -0.3 is 0 Å². The molecule has 2 aromatic heterocycles. The summed E-state index contributed by atoms with van der Waals surface area (Å²) in [5, 5.41) is 7.92. The Morgan fingerprint density at radius 1 is 1.29 bits per heavy atom. The van der Waals surface area contributed by atoms with Crippen LogP contribution in [0.5, 0.6) is 0 Å². The van der Waals surface area contributed by atoms with Crippen molar-refractivity contribution in [3.63, 3.8) is 0 Å². The number of hydrogen-bond acceptors (Lipinski definition) is 5. The van der Waals surface area contributed by atoms with Gasteiger partial charge in [0.1, 0.15) is 0 Å². The van der Waals surface area contributed by atoms with E-state index in [0.717, 1.165) is 18.5 Å². The van der Waals surface area contributed by atoms with Gasteiger partial charge in [-0.05, 0) is 25.0 Å². The molecule has 2 aromatic rings. The summed E-state index contributed by atoms with van der Waals surface area (Å²) in [6.07, 6.45) is 6.85. The Bertz CT molecular complexity index is 694. The molecule has 0 saturated carbocycles. The first-order valence-corrected chi connectivity index (χ1v) is 8.15. The fraction of sp³-hybridized carbons (Fsp3) is 0.417. The molecule has 0 bridgehead atoms. The molecule has 1 N–H and O–H groups in total. The molecule has 1 aliphatic heterocycles. The zero-order chi connectivity index (χ0) is 14.7. The second-order valence-corrected chi connectivity index (χ2v) is 6.55. The molecule has 0 unspecified atom stereocenters. The van der Waals surface area contributed by atoms with E-state index in [1.807, 2.05) is 6.07 Å². The van der Waals surface area contributed by atoms with Gasteiger partial charge in [0.2, 0.25) is 0 Å². The number of rotatable bonds is 5. The molecule has 0 amide bonds. The molecular weight excluding hydrogens is 292 g/mol. The Morgan fingerprint density at radius 2 is 2.10 bits per heavy atom. The van der Waals surface area contributed by atoms with Crippen molar-refractivity contribution in [3.8, 4) is 5.69 Å². The zero-order valence-electron chi connectivity index (χ0n) is 11.4. The van der Waals surface area contributed by atoms with Crippen LogP contribution in [0.25, 0.3) is 5.69 Å². The molecule has 0 aliphatic carbocycles. The molecule has 1 aliphatic rings. The molecule has 9 heteroatoms. The minimum absolute atomic E-state index is 0.124. The lowest BCUT2D eigenvalue weighted by Gasteiger charge is -2.15. The maximum Gasteiger partial charge on any atom is 0.279 e. The largest absolute Gasteiger partial charge is 0.279 e. The van der Waals surface area contributed by atoms with Crippen molar-refractivity contribution in [2.75, 3.05) is 13.1 Å². The van der Waals surface area contributed by atoms with E-state index in [9.17, 15) is 8.42 Å². The number of aromatic nitrogens is 4. The van der Waals surface area contributed by atoms with E-state index in [1.165, 1.54) is 4.31 Å². The van der Waals surface area contributed by atoms with Crippen LogP contribution >= 0.6 is 0 Å². The van der Waals surface area contributed by atoms with Gasteiger partial charge in [-0.2, -0.15) is 17.4 Å². The van der Waals surface area contributed by atoms with E-state index in [-0.39, 0.29) is 6.54 Å². The van der Waals surface area contributed by atoms with Crippen LogP contribution < -0.4 is 4.72 Å². The third-order valence-electron chi connectivity index (χ3n) is 3.29. The molecule has 0 radical (unpaired) electrons. The van der Waals surface area contributed by atoms with Gasteiger partial charge >= 0.3 is 0 Å². The van der Waals surface area contributed by atoms with E-state index in [0.29, 0.717) is 18.8 Å². The summed E-state index contributed by atoms with van der Waals surface area (Å²) in [6, 6.07) is 3.65. The van der Waals surface area contributed by atoms with Gasteiger partial charge in [0.15, 0.2) is 0 Å². The lowest BCUT2D eigenvalue weighted by Crippen LogP contribution is -2.38. The molecule has 8 nitrogen and oxygen atoms in total. The highest BCUT2D eigenvalue weighted by molar-refractivity contribution is 7.87. The van der Waals surface area contributed by atoms with Crippen molar-refractivity contribution < 1.29 is 8.42 Å². The van der Waals surface area contributed by atoms with Crippen molar-refractivity contribution in [2.45, 2.75) is 19.4 Å². The fourth-order valence-corrected chi connectivity index (χ4v) is 3.43. The van der Waals surface area contributed by atoms with Gasteiger partial charge in [0.25, 0.3) is 10.2 Å². The molecule has 0 atom stereocenters. The van der Waals surface area contributed by atoms with Crippen LogP contribution in [0.2, 0.25) is 0 Å². The SMILES string of the molecule is O=S(=O)(NCc1cn(-c2cccnc2)nn1)N1CCCC1. The Balaban J connectivity index is 1.65. The highest BCUT2D eigenvalue weighted by Crippen LogP contribution is 2.11. The molecular formula is C12H16N6O2S. The predicted octanol–water partition coefficient (Wildman–Crippen LogP) is 0.0925. The van der Waals surface area contributed by atoms with Crippen molar-refractivity contribution in [2.24, 2.45) is 0 Å². The first-order valence-electron chi connectivity index (χ1n) is 6.71. The third-order valence-corrected chi connectivity index (χ3v) is 4.85. The van der Waals surface area contributed by atoms with E-state index in [1.54, 1.807) is 29.3 Å². The number of nitrogens with one attached hydrogen (secondary N) is 1. The van der Waals surface area contributed by atoms with Gasteiger partial charge in [-0.25, -0.2) is 4.68 Å². The average molecular weight is 308 g/mol. The second kappa shape index (κ2) is 5.88. The van der Waals surface area contributed by atoms with Crippen LogP contribution in [-0.4, -0.2) is 45.8 Å². The van der Waals surface area contributed by atoms with Crippen molar-refractivity contribution in [1.29, 1.82) is 0 Å². The normalized spacial score (nSPS) is 16.4. The third kappa shape index (κ3) is 3.26. The summed E-state index contributed by atoms with van der Waals surface area (Å²) in [6.45, 7) is 1.29. The van der Waals surface area contributed by atoms with Crippen molar-refractivity contribution >= 4 is 10.2 Å². The molecule has 21 heavy (non-hydrogen) atoms. The van der Waals surface area contributed by atoms with E-state index in [2.05, 4.69) is 20.0 Å². The fourth-order valence-electron chi connectivity index (χ4n) is 2.18. The Morgan fingerprint density at radius 3 is 2.81 bits per heavy atom. The van der Waals surface area contributed by atoms with Gasteiger partial charge in [-0.15, -0.1) is 5.10 Å². The molecule has 3 rings (SSSR count). The lowest BCUT2D eigenvalue weighted by atomic mass is 10.4. The number of hydrogen-bond donors (Lipinski definition) is 1. The minimum Gasteiger partial charge on any atom is -0.262 e. The monoisotopic (exact) mass is 308 g/mol. The van der Waals surface area contributed by atoms with Gasteiger partial charge in [-0.3, -0.25) is 4.98 Å². The molecule has 3 heterocycles. The van der Waals surface area contributed by atoms with Gasteiger partial charge in [0.05, 0.1) is 30.3 Å². The summed E-state index contributed by atoms with van der Waals surface area (Å²) in [5.74, 6) is 0. The van der Waals surface area contributed by atoms with Crippen LogP contribution in [-0.2, 0) is 16.8 Å². The highest BCUT2D eigenvalue weighted by Gasteiger charge is 2.24. The lowest BCUT2D eigenvalue weighted by molar-refractivity contribution is 0.464. The zero-order valence-corrected chi connectivity index (χ0v) is 12.2. The van der Waals surface area contributed by atoms with Crippen molar-refractivity contribution in [3.05, 3.63) is 36.4 Å². The molecule has 1 fully saturated rings. The molecule has 112 valence electrons. The Kier molecular flexibility index (Phi) is 3.95. The smallest absolute Gasteiger partial charge is 0.262 e. The second-order valence-electron chi connectivity index (χ2n) is 4.80. The minimum atomic E-state index is -3.42.